The van der Waals surface area contributed by atoms with E-state index < -0.39 is 30.5 Å². The van der Waals surface area contributed by atoms with Crippen LogP contribution in [0.2, 0.25) is 0 Å². The summed E-state index contributed by atoms with van der Waals surface area (Å²) < 4.78 is 0. The molecule has 5 N–H and O–H groups in total. The minimum absolute atomic E-state index is 0.0554. The van der Waals surface area contributed by atoms with Gasteiger partial charge in [0, 0.05) is 89.9 Å². The van der Waals surface area contributed by atoms with Crippen molar-refractivity contribution in [3.8, 4) is 0 Å². The van der Waals surface area contributed by atoms with E-state index in [1.54, 1.807) is 0 Å². The number of carbonyl (C=O) groups excluding carboxylic acids is 7. The smallest absolute Gasteiger partial charge is 0.135 e. The van der Waals surface area contributed by atoms with Crippen molar-refractivity contribution in [2.75, 3.05) is 0 Å². The van der Waals surface area contributed by atoms with E-state index >= 15 is 0 Å². The summed E-state index contributed by atoms with van der Waals surface area (Å²) in [5.41, 5.74) is 0. The zero-order valence-corrected chi connectivity index (χ0v) is 31.2. The Morgan fingerprint density at radius 2 is 0.647 bits per heavy atom. The number of carbonyl (C=O) groups is 7. The Bertz CT molecular complexity index is 1050. The molecule has 0 aromatic rings. The second-order valence-corrected chi connectivity index (χ2v) is 14.2. The quantitative estimate of drug-likeness (QED) is 0.0561. The van der Waals surface area contributed by atoms with Crippen LogP contribution in [0.25, 0.3) is 0 Å². The van der Waals surface area contributed by atoms with E-state index in [4.69, 9.17) is 0 Å². The number of aliphatic hydroxyl groups is 5. The van der Waals surface area contributed by atoms with Crippen LogP contribution in [0, 0.1) is 0 Å². The standard InChI is InChI=1S/C39H66O12/c1-3-5-7-13-29(41)21-37(49)25-33(45)18-11-19-35(47)27-39(51)23-31(43)15-9-6-8-14-30(42)22-38(50)26-34(46)17-10-16-32(44)24-36(48)20-28(40)12-4-2/h29,36-39,41,48-51H,3-27H2,1-2H3/t29-,36-,37-,38-,39+/m1/s1. The zero-order valence-electron chi connectivity index (χ0n) is 31.2. The van der Waals surface area contributed by atoms with Gasteiger partial charge in [-0.2, -0.15) is 0 Å². The molecule has 0 aromatic carbocycles. The molecule has 0 fully saturated rings. The van der Waals surface area contributed by atoms with Gasteiger partial charge in [0.25, 0.3) is 0 Å². The predicted molar refractivity (Wildman–Crippen MR) is 192 cm³/mol. The molecule has 0 saturated carbocycles. The monoisotopic (exact) mass is 726 g/mol. The summed E-state index contributed by atoms with van der Waals surface area (Å²) in [7, 11) is 0. The number of unbranched alkanes of at least 4 members (excludes halogenated alkanes) is 4. The van der Waals surface area contributed by atoms with Crippen LogP contribution < -0.4 is 0 Å². The number of hydrogen-bond acceptors (Lipinski definition) is 12. The average molecular weight is 727 g/mol. The minimum atomic E-state index is -1.11. The van der Waals surface area contributed by atoms with Gasteiger partial charge in [0.15, 0.2) is 0 Å². The number of rotatable bonds is 36. The molecule has 0 aliphatic carbocycles. The summed E-state index contributed by atoms with van der Waals surface area (Å²) in [4.78, 5) is 84.4. The Morgan fingerprint density at radius 3 is 0.980 bits per heavy atom. The van der Waals surface area contributed by atoms with Gasteiger partial charge in [0.1, 0.15) is 40.5 Å². The first kappa shape index (κ1) is 48.5. The van der Waals surface area contributed by atoms with Crippen LogP contribution in [0.15, 0.2) is 0 Å². The van der Waals surface area contributed by atoms with E-state index in [2.05, 4.69) is 6.92 Å². The second kappa shape index (κ2) is 30.0. The fourth-order valence-corrected chi connectivity index (χ4v) is 5.98. The maximum atomic E-state index is 12.2. The van der Waals surface area contributed by atoms with Crippen molar-refractivity contribution in [2.24, 2.45) is 0 Å². The van der Waals surface area contributed by atoms with Crippen molar-refractivity contribution in [3.05, 3.63) is 0 Å². The topological polar surface area (TPSA) is 221 Å². The van der Waals surface area contributed by atoms with Crippen molar-refractivity contribution in [1.29, 1.82) is 0 Å². The van der Waals surface area contributed by atoms with Gasteiger partial charge < -0.3 is 25.5 Å². The van der Waals surface area contributed by atoms with Gasteiger partial charge in [-0.05, 0) is 44.9 Å². The summed E-state index contributed by atoms with van der Waals surface area (Å²) >= 11 is 0. The molecular formula is C39H66O12. The largest absolute Gasteiger partial charge is 0.393 e. The summed E-state index contributed by atoms with van der Waals surface area (Å²) in [6.45, 7) is 3.92. The van der Waals surface area contributed by atoms with E-state index in [0.29, 0.717) is 38.5 Å². The van der Waals surface area contributed by atoms with Crippen molar-refractivity contribution in [2.45, 2.75) is 205 Å². The lowest BCUT2D eigenvalue weighted by Crippen LogP contribution is -2.21. The van der Waals surface area contributed by atoms with Crippen molar-refractivity contribution in [3.63, 3.8) is 0 Å². The molecule has 0 radical (unpaired) electrons. The Labute approximate surface area is 304 Å². The van der Waals surface area contributed by atoms with E-state index in [1.165, 1.54) is 0 Å². The zero-order chi connectivity index (χ0) is 38.6. The fraction of sp³-hybridized carbons (Fsp3) is 0.821. The highest BCUT2D eigenvalue weighted by Gasteiger charge is 2.19. The Hall–Kier alpha value is -2.51. The van der Waals surface area contributed by atoms with Gasteiger partial charge >= 0.3 is 0 Å². The number of aliphatic hydroxyl groups excluding tert-OH is 5. The van der Waals surface area contributed by atoms with Crippen LogP contribution in [0.5, 0.6) is 0 Å². The van der Waals surface area contributed by atoms with E-state index in [-0.39, 0.29) is 143 Å². The third-order valence-corrected chi connectivity index (χ3v) is 8.69. The molecular weight excluding hydrogens is 660 g/mol. The van der Waals surface area contributed by atoms with E-state index in [0.717, 1.165) is 19.3 Å². The molecule has 0 aliphatic heterocycles. The summed E-state index contributed by atoms with van der Waals surface area (Å²) in [5, 5.41) is 50.1. The van der Waals surface area contributed by atoms with E-state index in [9.17, 15) is 59.1 Å². The molecule has 294 valence electrons. The molecule has 0 heterocycles. The van der Waals surface area contributed by atoms with Crippen LogP contribution in [0.4, 0.5) is 0 Å². The third kappa shape index (κ3) is 29.7. The molecule has 0 unspecified atom stereocenters. The van der Waals surface area contributed by atoms with E-state index in [1.807, 2.05) is 6.92 Å². The van der Waals surface area contributed by atoms with Crippen LogP contribution in [0.1, 0.15) is 174 Å². The molecule has 0 saturated heterocycles. The van der Waals surface area contributed by atoms with Gasteiger partial charge in [-0.1, -0.05) is 39.5 Å². The molecule has 5 atom stereocenters. The highest BCUT2D eigenvalue weighted by molar-refractivity contribution is 5.85. The molecule has 0 spiro atoms. The van der Waals surface area contributed by atoms with Gasteiger partial charge in [-0.25, -0.2) is 0 Å². The molecule has 12 heteroatoms. The Morgan fingerprint density at radius 1 is 0.333 bits per heavy atom. The summed E-state index contributed by atoms with van der Waals surface area (Å²) in [6.07, 6.45) is 1.80. The highest BCUT2D eigenvalue weighted by Crippen LogP contribution is 2.15. The van der Waals surface area contributed by atoms with Crippen molar-refractivity contribution in [1.82, 2.24) is 0 Å². The first-order valence-corrected chi connectivity index (χ1v) is 19.2. The van der Waals surface area contributed by atoms with Crippen molar-refractivity contribution < 1.29 is 59.1 Å². The lowest BCUT2D eigenvalue weighted by Gasteiger charge is -2.15. The Kier molecular flexibility index (Phi) is 28.5. The molecule has 0 amide bonds. The van der Waals surface area contributed by atoms with Gasteiger partial charge in [0.05, 0.1) is 30.5 Å². The number of hydrogen-bond donors (Lipinski definition) is 5. The Balaban J connectivity index is 3.99. The highest BCUT2D eigenvalue weighted by atomic mass is 16.3. The van der Waals surface area contributed by atoms with Crippen LogP contribution >= 0.6 is 0 Å². The van der Waals surface area contributed by atoms with Gasteiger partial charge in [0.2, 0.25) is 0 Å². The van der Waals surface area contributed by atoms with Crippen LogP contribution in [-0.4, -0.2) is 96.5 Å². The maximum absolute atomic E-state index is 12.2. The van der Waals surface area contributed by atoms with Gasteiger partial charge in [-0.15, -0.1) is 0 Å². The molecule has 12 nitrogen and oxygen atoms in total. The third-order valence-electron chi connectivity index (χ3n) is 8.69. The molecule has 0 bridgehead atoms. The first-order chi connectivity index (χ1) is 24.1. The lowest BCUT2D eigenvalue weighted by molar-refractivity contribution is -0.126. The first-order valence-electron chi connectivity index (χ1n) is 19.2. The summed E-state index contributed by atoms with van der Waals surface area (Å²) in [5.74, 6) is -1.44. The lowest BCUT2D eigenvalue weighted by atomic mass is 9.98. The minimum Gasteiger partial charge on any atom is -0.393 e. The number of Topliss-reactive ketones (excluding diaryl/α,β-unsaturated/α-hetero) is 7. The fourth-order valence-electron chi connectivity index (χ4n) is 5.98. The predicted octanol–water partition coefficient (Wildman–Crippen LogP) is 4.57. The second-order valence-electron chi connectivity index (χ2n) is 14.2. The normalized spacial score (nSPS) is 14.3. The molecule has 0 aromatic heterocycles. The summed E-state index contributed by atoms with van der Waals surface area (Å²) in [6, 6.07) is 0. The maximum Gasteiger partial charge on any atom is 0.135 e. The van der Waals surface area contributed by atoms with Gasteiger partial charge in [-0.3, -0.25) is 33.6 Å². The molecule has 0 rings (SSSR count). The van der Waals surface area contributed by atoms with Crippen molar-refractivity contribution >= 4 is 40.5 Å². The number of ketones is 7. The average Bonchev–Trinajstić information content (AvgIpc) is 3.00. The molecule has 0 aliphatic rings. The van der Waals surface area contributed by atoms with Crippen LogP contribution in [-0.2, 0) is 33.6 Å². The molecule has 51 heavy (non-hydrogen) atoms. The SMILES string of the molecule is CCCCC[C@@H](O)C[C@@H](O)CC(=O)CCCC(=O)C[C@@H](O)CC(=O)CCCCCC(=O)C[C@@H](O)CC(=O)CCCC(=O)C[C@H](O)CC(=O)CCC. The van der Waals surface area contributed by atoms with Crippen LogP contribution in [0.3, 0.4) is 0 Å².